The van der Waals surface area contributed by atoms with Gasteiger partial charge in [0.05, 0.1) is 13.0 Å². The molecule has 4 nitrogen and oxygen atoms in total. The Morgan fingerprint density at radius 3 is 2.92 bits per heavy atom. The molecule has 0 aromatic carbocycles. The number of carboxylic acid groups (broad SMARTS) is 1. The predicted octanol–water partition coefficient (Wildman–Crippen LogP) is 0.441. The number of nitrogens with zero attached hydrogens (tertiary/aromatic N) is 2. The topological polar surface area (TPSA) is 52.9 Å². The summed E-state index contributed by atoms with van der Waals surface area (Å²) in [4.78, 5) is 16.7. The number of hydrogen-bond acceptors (Lipinski definition) is 3. The van der Waals surface area contributed by atoms with Crippen LogP contribution in [0.4, 0.5) is 0 Å². The summed E-state index contributed by atoms with van der Waals surface area (Å²) in [5.74, 6) is 0.206. The van der Waals surface area contributed by atoms with Gasteiger partial charge in [0.25, 0.3) is 0 Å². The smallest absolute Gasteiger partial charge is 0.304 e. The number of rotatable bonds is 3. The molecule has 1 N–H and O–H groups in total. The van der Waals surface area contributed by atoms with Crippen LogP contribution in [-0.4, -0.2) is 41.9 Å². The van der Waals surface area contributed by atoms with E-state index in [1.165, 1.54) is 0 Å². The maximum absolute atomic E-state index is 10.4. The summed E-state index contributed by atoms with van der Waals surface area (Å²) < 4.78 is 0. The molecule has 1 heterocycles. The van der Waals surface area contributed by atoms with Crippen molar-refractivity contribution in [3.8, 4) is 0 Å². The molecule has 1 aliphatic rings. The van der Waals surface area contributed by atoms with Gasteiger partial charge in [-0.2, -0.15) is 0 Å². The fraction of sp³-hybridized carbons (Fsp3) is 0.750. The molecule has 1 rings (SSSR count). The maximum atomic E-state index is 10.4. The van der Waals surface area contributed by atoms with Gasteiger partial charge in [-0.15, -0.1) is 0 Å². The number of carboxylic acids is 1. The van der Waals surface area contributed by atoms with Crippen molar-refractivity contribution in [1.82, 2.24) is 4.90 Å². The highest BCUT2D eigenvalue weighted by Crippen LogP contribution is 2.11. The summed E-state index contributed by atoms with van der Waals surface area (Å²) >= 11 is 0. The molecule has 12 heavy (non-hydrogen) atoms. The quantitative estimate of drug-likeness (QED) is 0.668. The van der Waals surface area contributed by atoms with Crippen LogP contribution in [0.25, 0.3) is 0 Å². The van der Waals surface area contributed by atoms with Gasteiger partial charge in [-0.25, -0.2) is 0 Å². The Morgan fingerprint density at radius 1 is 1.83 bits per heavy atom. The molecule has 0 aliphatic carbocycles. The summed E-state index contributed by atoms with van der Waals surface area (Å²) in [6, 6.07) is 0. The van der Waals surface area contributed by atoms with E-state index in [4.69, 9.17) is 5.11 Å². The average Bonchev–Trinajstić information content (AvgIpc) is 2.33. The van der Waals surface area contributed by atoms with E-state index < -0.39 is 5.97 Å². The van der Waals surface area contributed by atoms with Gasteiger partial charge in [-0.3, -0.25) is 9.79 Å². The molecule has 68 valence electrons. The van der Waals surface area contributed by atoms with E-state index in [2.05, 4.69) is 4.99 Å². The molecule has 0 amide bonds. The number of likely N-dealkylation sites (N-methyl/N-ethyl adjacent to an activating group) is 1. The lowest BCUT2D eigenvalue weighted by molar-refractivity contribution is -0.137. The second kappa shape index (κ2) is 3.56. The highest BCUT2D eigenvalue weighted by molar-refractivity contribution is 5.88. The first-order chi connectivity index (χ1) is 5.61. The van der Waals surface area contributed by atoms with Crippen LogP contribution in [0.5, 0.6) is 0 Å². The van der Waals surface area contributed by atoms with Crippen LogP contribution in [0.15, 0.2) is 4.99 Å². The van der Waals surface area contributed by atoms with E-state index in [1.807, 2.05) is 18.9 Å². The Hall–Kier alpha value is -1.06. The van der Waals surface area contributed by atoms with Crippen molar-refractivity contribution in [3.05, 3.63) is 0 Å². The number of hydrogen-bond donors (Lipinski definition) is 1. The van der Waals surface area contributed by atoms with Gasteiger partial charge in [0, 0.05) is 19.5 Å². The van der Waals surface area contributed by atoms with Gasteiger partial charge in [0.2, 0.25) is 0 Å². The minimum Gasteiger partial charge on any atom is -0.481 e. The number of aliphatic imine (C=N–C) groups is 1. The van der Waals surface area contributed by atoms with Crippen molar-refractivity contribution in [2.45, 2.75) is 13.3 Å². The van der Waals surface area contributed by atoms with Crippen LogP contribution in [0, 0.1) is 5.92 Å². The van der Waals surface area contributed by atoms with Crippen LogP contribution < -0.4 is 0 Å². The Labute approximate surface area is 71.9 Å². The highest BCUT2D eigenvalue weighted by Gasteiger charge is 2.20. The van der Waals surface area contributed by atoms with Gasteiger partial charge in [-0.05, 0) is 0 Å². The normalized spacial score (nSPS) is 19.2. The third-order valence-corrected chi connectivity index (χ3v) is 2.02. The maximum Gasteiger partial charge on any atom is 0.304 e. The van der Waals surface area contributed by atoms with Crippen LogP contribution in [0.1, 0.15) is 13.3 Å². The number of carbonyl (C=O) groups is 1. The van der Waals surface area contributed by atoms with E-state index in [1.54, 1.807) is 0 Å². The molecule has 4 heteroatoms. The van der Waals surface area contributed by atoms with Crippen molar-refractivity contribution in [2.75, 3.05) is 20.1 Å². The summed E-state index contributed by atoms with van der Waals surface area (Å²) in [5, 5.41) is 8.56. The van der Waals surface area contributed by atoms with Crippen LogP contribution >= 0.6 is 0 Å². The highest BCUT2D eigenvalue weighted by atomic mass is 16.4. The third-order valence-electron chi connectivity index (χ3n) is 2.02. The minimum absolute atomic E-state index is 0.0370. The molecule has 0 radical (unpaired) electrons. The zero-order valence-corrected chi connectivity index (χ0v) is 7.45. The second-order valence-corrected chi connectivity index (χ2v) is 3.16. The molecule has 0 fully saturated rings. The first-order valence-electron chi connectivity index (χ1n) is 4.08. The lowest BCUT2D eigenvalue weighted by Gasteiger charge is -2.18. The van der Waals surface area contributed by atoms with Crippen LogP contribution in [0.2, 0.25) is 0 Å². The number of aliphatic carboxylic acids is 1. The monoisotopic (exact) mass is 170 g/mol. The predicted molar refractivity (Wildman–Crippen MR) is 46.3 cm³/mol. The molecule has 0 saturated carbocycles. The van der Waals surface area contributed by atoms with Crippen LogP contribution in [0.3, 0.4) is 0 Å². The lowest BCUT2D eigenvalue weighted by atomic mass is 10.1. The van der Waals surface area contributed by atoms with Crippen molar-refractivity contribution >= 4 is 11.8 Å². The summed E-state index contributed by atoms with van der Waals surface area (Å²) in [5.41, 5.74) is 0. The van der Waals surface area contributed by atoms with Gasteiger partial charge < -0.3 is 10.0 Å². The SMILES string of the molecule is CC(CC(=O)O)C1=NCCN1C. The number of amidine groups is 1. The van der Waals surface area contributed by atoms with Gasteiger partial charge in [-0.1, -0.05) is 6.92 Å². The first kappa shape index (κ1) is 9.03. The molecule has 0 aromatic heterocycles. The van der Waals surface area contributed by atoms with E-state index in [-0.39, 0.29) is 12.3 Å². The van der Waals surface area contributed by atoms with Crippen molar-refractivity contribution in [1.29, 1.82) is 0 Å². The van der Waals surface area contributed by atoms with Crippen molar-refractivity contribution < 1.29 is 9.90 Å². The largest absolute Gasteiger partial charge is 0.481 e. The molecule has 1 atom stereocenters. The second-order valence-electron chi connectivity index (χ2n) is 3.16. The van der Waals surface area contributed by atoms with E-state index in [0.29, 0.717) is 0 Å². The standard InChI is InChI=1S/C8H14N2O2/c1-6(5-7(11)12)8-9-3-4-10(8)2/h6H,3-5H2,1-2H3,(H,11,12). The summed E-state index contributed by atoms with van der Waals surface area (Å²) in [7, 11) is 1.95. The third kappa shape index (κ3) is 1.96. The summed E-state index contributed by atoms with van der Waals surface area (Å²) in [6.45, 7) is 3.61. The van der Waals surface area contributed by atoms with E-state index >= 15 is 0 Å². The van der Waals surface area contributed by atoms with E-state index in [9.17, 15) is 4.79 Å². The fourth-order valence-corrected chi connectivity index (χ4v) is 1.44. The fourth-order valence-electron chi connectivity index (χ4n) is 1.44. The van der Waals surface area contributed by atoms with Gasteiger partial charge in [0.15, 0.2) is 0 Å². The molecular weight excluding hydrogens is 156 g/mol. The van der Waals surface area contributed by atoms with Gasteiger partial charge in [0.1, 0.15) is 5.84 Å². The Balaban J connectivity index is 2.51. The minimum atomic E-state index is -0.759. The molecule has 1 aliphatic heterocycles. The molecular formula is C8H14N2O2. The van der Waals surface area contributed by atoms with E-state index in [0.717, 1.165) is 18.9 Å². The zero-order chi connectivity index (χ0) is 9.14. The molecule has 0 aromatic rings. The molecule has 0 saturated heterocycles. The molecule has 0 spiro atoms. The molecule has 0 bridgehead atoms. The van der Waals surface area contributed by atoms with Gasteiger partial charge >= 0.3 is 5.97 Å². The Bertz CT molecular complexity index is 213. The first-order valence-corrected chi connectivity index (χ1v) is 4.08. The average molecular weight is 170 g/mol. The summed E-state index contributed by atoms with van der Waals surface area (Å²) in [6.07, 6.45) is 0.170. The van der Waals surface area contributed by atoms with Crippen molar-refractivity contribution in [3.63, 3.8) is 0 Å². The zero-order valence-electron chi connectivity index (χ0n) is 7.45. The van der Waals surface area contributed by atoms with Crippen LogP contribution in [-0.2, 0) is 4.79 Å². The Morgan fingerprint density at radius 2 is 2.50 bits per heavy atom. The van der Waals surface area contributed by atoms with Crippen molar-refractivity contribution in [2.24, 2.45) is 10.9 Å². The Kier molecular flexibility index (Phi) is 2.68. The lowest BCUT2D eigenvalue weighted by Crippen LogP contribution is -2.29. The molecule has 1 unspecified atom stereocenters.